The minimum atomic E-state index is -3.43. The number of anilines is 2. The number of hydrogen-bond donors (Lipinski definition) is 1. The van der Waals surface area contributed by atoms with Gasteiger partial charge in [0.2, 0.25) is 11.8 Å². The van der Waals surface area contributed by atoms with E-state index < -0.39 is 10.2 Å². The van der Waals surface area contributed by atoms with Crippen molar-refractivity contribution in [3.05, 3.63) is 24.3 Å². The average molecular weight is 438 g/mol. The lowest BCUT2D eigenvalue weighted by molar-refractivity contribution is -0.118. The molecule has 1 N–H and O–H groups in total. The number of nitrogens with one attached hydrogen (secondary N) is 1. The highest BCUT2D eigenvalue weighted by atomic mass is 32.2. The predicted molar refractivity (Wildman–Crippen MR) is 117 cm³/mol. The first-order chi connectivity index (χ1) is 14.3. The molecule has 166 valence electrons. The summed E-state index contributed by atoms with van der Waals surface area (Å²) in [5.74, 6) is -0.00557. The fourth-order valence-corrected chi connectivity index (χ4v) is 5.48. The highest BCUT2D eigenvalue weighted by Crippen LogP contribution is 2.23. The van der Waals surface area contributed by atoms with Crippen molar-refractivity contribution in [1.82, 2.24) is 13.5 Å². The molecular formula is C20H31N5O4S. The van der Waals surface area contributed by atoms with Crippen LogP contribution in [-0.4, -0.2) is 86.1 Å². The van der Waals surface area contributed by atoms with Crippen LogP contribution in [0.1, 0.15) is 26.7 Å². The lowest BCUT2D eigenvalue weighted by atomic mass is 10.2. The maximum atomic E-state index is 12.6. The van der Waals surface area contributed by atoms with Crippen LogP contribution in [0.5, 0.6) is 0 Å². The van der Waals surface area contributed by atoms with Crippen LogP contribution < -0.4 is 10.2 Å². The second kappa shape index (κ2) is 9.86. The van der Waals surface area contributed by atoms with E-state index in [1.807, 2.05) is 30.9 Å². The Balaban J connectivity index is 1.48. The van der Waals surface area contributed by atoms with Crippen LogP contribution in [-0.2, 0) is 19.8 Å². The summed E-state index contributed by atoms with van der Waals surface area (Å²) >= 11 is 0. The number of amides is 2. The van der Waals surface area contributed by atoms with E-state index in [0.717, 1.165) is 18.7 Å². The van der Waals surface area contributed by atoms with Crippen molar-refractivity contribution < 1.29 is 18.0 Å². The van der Waals surface area contributed by atoms with Crippen molar-refractivity contribution in [2.75, 3.05) is 62.6 Å². The van der Waals surface area contributed by atoms with E-state index in [1.165, 1.54) is 8.61 Å². The number of hydrogen-bond acceptors (Lipinski definition) is 5. The normalized spacial score (nSPS) is 18.9. The SMILES string of the molecule is CCN(CC)S(=O)(=O)N1CCN(CC(=O)Nc2ccc(N3CCCC3=O)cc2)CC1. The monoisotopic (exact) mass is 437 g/mol. The minimum absolute atomic E-state index is 0.133. The zero-order valence-corrected chi connectivity index (χ0v) is 18.5. The van der Waals surface area contributed by atoms with Gasteiger partial charge in [-0.1, -0.05) is 13.8 Å². The lowest BCUT2D eigenvalue weighted by Gasteiger charge is -2.35. The average Bonchev–Trinajstić information content (AvgIpc) is 3.15. The van der Waals surface area contributed by atoms with Gasteiger partial charge in [0, 0.05) is 63.6 Å². The van der Waals surface area contributed by atoms with Gasteiger partial charge in [-0.05, 0) is 30.7 Å². The smallest absolute Gasteiger partial charge is 0.282 e. The number of nitrogens with zero attached hydrogens (tertiary/aromatic N) is 4. The van der Waals surface area contributed by atoms with Gasteiger partial charge < -0.3 is 10.2 Å². The molecular weight excluding hydrogens is 406 g/mol. The molecule has 0 bridgehead atoms. The molecule has 2 aliphatic rings. The highest BCUT2D eigenvalue weighted by Gasteiger charge is 2.31. The van der Waals surface area contributed by atoms with Gasteiger partial charge in [0.05, 0.1) is 6.54 Å². The Morgan fingerprint density at radius 3 is 2.20 bits per heavy atom. The van der Waals surface area contributed by atoms with Crippen LogP contribution in [0, 0.1) is 0 Å². The number of carbonyl (C=O) groups is 2. The zero-order chi connectivity index (χ0) is 21.7. The Bertz CT molecular complexity index is 846. The van der Waals surface area contributed by atoms with Crippen molar-refractivity contribution in [3.63, 3.8) is 0 Å². The Labute approximate surface area is 178 Å². The largest absolute Gasteiger partial charge is 0.325 e. The van der Waals surface area contributed by atoms with Crippen LogP contribution >= 0.6 is 0 Å². The van der Waals surface area contributed by atoms with E-state index >= 15 is 0 Å². The van der Waals surface area contributed by atoms with E-state index in [9.17, 15) is 18.0 Å². The number of carbonyl (C=O) groups excluding carboxylic acids is 2. The van der Waals surface area contributed by atoms with Gasteiger partial charge in [0.25, 0.3) is 10.2 Å². The van der Waals surface area contributed by atoms with E-state index in [1.54, 1.807) is 17.0 Å². The molecule has 0 aromatic heterocycles. The predicted octanol–water partition coefficient (Wildman–Crippen LogP) is 0.956. The van der Waals surface area contributed by atoms with Gasteiger partial charge in [-0.3, -0.25) is 14.5 Å². The Kier molecular flexibility index (Phi) is 7.45. The molecule has 1 aromatic carbocycles. The van der Waals surface area contributed by atoms with Crippen molar-refractivity contribution in [3.8, 4) is 0 Å². The van der Waals surface area contributed by atoms with Gasteiger partial charge in [-0.25, -0.2) is 0 Å². The molecule has 0 radical (unpaired) electrons. The molecule has 0 spiro atoms. The maximum absolute atomic E-state index is 12.6. The van der Waals surface area contributed by atoms with Gasteiger partial charge in [0.15, 0.2) is 0 Å². The van der Waals surface area contributed by atoms with E-state index in [-0.39, 0.29) is 18.4 Å². The molecule has 9 nitrogen and oxygen atoms in total. The second-order valence-corrected chi connectivity index (χ2v) is 9.44. The van der Waals surface area contributed by atoms with Gasteiger partial charge in [-0.15, -0.1) is 0 Å². The molecule has 30 heavy (non-hydrogen) atoms. The molecule has 2 amide bonds. The summed E-state index contributed by atoms with van der Waals surface area (Å²) in [6.45, 7) is 7.31. The van der Waals surface area contributed by atoms with Crippen LogP contribution in [0.3, 0.4) is 0 Å². The van der Waals surface area contributed by atoms with Crippen LogP contribution in [0.25, 0.3) is 0 Å². The number of rotatable bonds is 8. The molecule has 2 aliphatic heterocycles. The molecule has 0 unspecified atom stereocenters. The van der Waals surface area contributed by atoms with Crippen LogP contribution in [0.15, 0.2) is 24.3 Å². The lowest BCUT2D eigenvalue weighted by Crippen LogP contribution is -2.54. The van der Waals surface area contributed by atoms with Gasteiger partial charge in [0.1, 0.15) is 0 Å². The molecule has 1 aromatic rings. The summed E-state index contributed by atoms with van der Waals surface area (Å²) in [6.07, 6.45) is 1.46. The summed E-state index contributed by atoms with van der Waals surface area (Å²) in [7, 11) is -3.43. The van der Waals surface area contributed by atoms with Crippen molar-refractivity contribution in [2.24, 2.45) is 0 Å². The topological polar surface area (TPSA) is 93.3 Å². The van der Waals surface area contributed by atoms with Gasteiger partial charge in [-0.2, -0.15) is 17.0 Å². The van der Waals surface area contributed by atoms with Crippen LogP contribution in [0.4, 0.5) is 11.4 Å². The van der Waals surface area contributed by atoms with E-state index in [2.05, 4.69) is 5.32 Å². The molecule has 2 heterocycles. The highest BCUT2D eigenvalue weighted by molar-refractivity contribution is 7.86. The standard InChI is InChI=1S/C20H31N5O4S/c1-3-23(4-2)30(28,29)24-14-12-22(13-15-24)16-19(26)21-17-7-9-18(10-8-17)25-11-5-6-20(25)27/h7-10H,3-6,11-16H2,1-2H3,(H,21,26). The molecule has 2 saturated heterocycles. The zero-order valence-electron chi connectivity index (χ0n) is 17.7. The molecule has 0 aliphatic carbocycles. The Morgan fingerprint density at radius 2 is 1.67 bits per heavy atom. The summed E-state index contributed by atoms with van der Waals surface area (Å²) in [5, 5.41) is 2.87. The third-order valence-electron chi connectivity index (χ3n) is 5.59. The van der Waals surface area contributed by atoms with Gasteiger partial charge >= 0.3 is 0 Å². The third-order valence-corrected chi connectivity index (χ3v) is 7.78. The van der Waals surface area contributed by atoms with Crippen LogP contribution in [0.2, 0.25) is 0 Å². The first kappa shape index (κ1) is 22.7. The summed E-state index contributed by atoms with van der Waals surface area (Å²) in [4.78, 5) is 27.9. The maximum Gasteiger partial charge on any atom is 0.282 e. The van der Waals surface area contributed by atoms with E-state index in [4.69, 9.17) is 0 Å². The number of piperazine rings is 1. The minimum Gasteiger partial charge on any atom is -0.325 e. The Morgan fingerprint density at radius 1 is 1.03 bits per heavy atom. The Hall–Kier alpha value is -2.01. The first-order valence-electron chi connectivity index (χ1n) is 10.5. The molecule has 3 rings (SSSR count). The van der Waals surface area contributed by atoms with Crippen molar-refractivity contribution >= 4 is 33.4 Å². The quantitative estimate of drug-likeness (QED) is 0.654. The molecule has 0 atom stereocenters. The van der Waals surface area contributed by atoms with Crippen molar-refractivity contribution in [2.45, 2.75) is 26.7 Å². The second-order valence-electron chi connectivity index (χ2n) is 7.51. The molecule has 2 fully saturated rings. The molecule has 0 saturated carbocycles. The molecule has 10 heteroatoms. The fourth-order valence-electron chi connectivity index (χ4n) is 3.88. The van der Waals surface area contributed by atoms with E-state index in [0.29, 0.717) is 51.4 Å². The summed E-state index contributed by atoms with van der Waals surface area (Å²) in [6, 6.07) is 7.28. The first-order valence-corrected chi connectivity index (χ1v) is 11.9. The summed E-state index contributed by atoms with van der Waals surface area (Å²) < 4.78 is 28.1. The van der Waals surface area contributed by atoms with Crippen molar-refractivity contribution in [1.29, 1.82) is 0 Å². The third kappa shape index (κ3) is 5.18. The number of benzene rings is 1. The fraction of sp³-hybridized carbons (Fsp3) is 0.600. The summed E-state index contributed by atoms with van der Waals surface area (Å²) in [5.41, 5.74) is 1.53.